The SMILES string of the molecule is O=C1NC2=C(C(=O)N(Cc3ccc(F)cc3)C2)[C@@H](c2cccs2)N1. The van der Waals surface area contributed by atoms with Gasteiger partial charge in [-0.05, 0) is 29.1 Å². The molecular formula is C17H14FN3O2S. The summed E-state index contributed by atoms with van der Waals surface area (Å²) in [7, 11) is 0. The van der Waals surface area contributed by atoms with Crippen LogP contribution in [0.25, 0.3) is 0 Å². The summed E-state index contributed by atoms with van der Waals surface area (Å²) in [5, 5.41) is 7.47. The highest BCUT2D eigenvalue weighted by atomic mass is 32.1. The Balaban J connectivity index is 1.60. The van der Waals surface area contributed by atoms with E-state index in [1.807, 2.05) is 17.5 Å². The smallest absolute Gasteiger partial charge is 0.319 e. The number of hydrogen-bond acceptors (Lipinski definition) is 3. The fourth-order valence-corrected chi connectivity index (χ4v) is 3.82. The van der Waals surface area contributed by atoms with Crippen LogP contribution < -0.4 is 10.6 Å². The normalized spacial score (nSPS) is 20.0. The Morgan fingerprint density at radius 2 is 2.00 bits per heavy atom. The van der Waals surface area contributed by atoms with E-state index >= 15 is 0 Å². The summed E-state index contributed by atoms with van der Waals surface area (Å²) in [6.07, 6.45) is 0. The molecule has 0 unspecified atom stereocenters. The van der Waals surface area contributed by atoms with Gasteiger partial charge >= 0.3 is 6.03 Å². The number of nitrogens with zero attached hydrogens (tertiary/aromatic N) is 1. The molecule has 1 aromatic carbocycles. The molecule has 0 aliphatic carbocycles. The van der Waals surface area contributed by atoms with Crippen molar-refractivity contribution < 1.29 is 14.0 Å². The van der Waals surface area contributed by atoms with Crippen molar-refractivity contribution >= 4 is 23.3 Å². The van der Waals surface area contributed by atoms with Crippen molar-refractivity contribution in [3.63, 3.8) is 0 Å². The Kier molecular flexibility index (Phi) is 3.57. The molecular weight excluding hydrogens is 329 g/mol. The summed E-state index contributed by atoms with van der Waals surface area (Å²) in [4.78, 5) is 27.3. The number of urea groups is 1. The van der Waals surface area contributed by atoms with E-state index in [0.29, 0.717) is 24.4 Å². The summed E-state index contributed by atoms with van der Waals surface area (Å²) in [5.41, 5.74) is 2.07. The maximum Gasteiger partial charge on any atom is 0.319 e. The van der Waals surface area contributed by atoms with Gasteiger partial charge in [0.25, 0.3) is 5.91 Å². The second-order valence-electron chi connectivity index (χ2n) is 5.73. The second kappa shape index (κ2) is 5.76. The predicted octanol–water partition coefficient (Wildman–Crippen LogP) is 2.54. The summed E-state index contributed by atoms with van der Waals surface area (Å²) in [6.45, 7) is 0.722. The molecule has 5 nitrogen and oxygen atoms in total. The Labute approximate surface area is 141 Å². The lowest BCUT2D eigenvalue weighted by atomic mass is 10.0. The zero-order chi connectivity index (χ0) is 16.7. The van der Waals surface area contributed by atoms with E-state index in [0.717, 1.165) is 10.4 Å². The highest BCUT2D eigenvalue weighted by molar-refractivity contribution is 7.10. The molecule has 4 rings (SSSR count). The molecule has 3 amide bonds. The molecule has 1 atom stereocenters. The van der Waals surface area contributed by atoms with Crippen molar-refractivity contribution in [2.75, 3.05) is 6.54 Å². The largest absolute Gasteiger partial charge is 0.329 e. The van der Waals surface area contributed by atoms with E-state index in [1.54, 1.807) is 17.0 Å². The predicted molar refractivity (Wildman–Crippen MR) is 87.6 cm³/mol. The van der Waals surface area contributed by atoms with E-state index in [-0.39, 0.29) is 17.8 Å². The van der Waals surface area contributed by atoms with Gasteiger partial charge in [0, 0.05) is 11.4 Å². The third-order valence-electron chi connectivity index (χ3n) is 4.13. The van der Waals surface area contributed by atoms with Crippen molar-refractivity contribution in [2.45, 2.75) is 12.6 Å². The first-order valence-corrected chi connectivity index (χ1v) is 8.37. The molecule has 7 heteroatoms. The quantitative estimate of drug-likeness (QED) is 0.900. The van der Waals surface area contributed by atoms with Gasteiger partial charge in [-0.15, -0.1) is 11.3 Å². The number of hydrogen-bond donors (Lipinski definition) is 2. The van der Waals surface area contributed by atoms with Crippen molar-refractivity contribution in [3.8, 4) is 0 Å². The monoisotopic (exact) mass is 343 g/mol. The maximum atomic E-state index is 13.0. The van der Waals surface area contributed by atoms with Gasteiger partial charge in [-0.1, -0.05) is 18.2 Å². The highest BCUT2D eigenvalue weighted by Crippen LogP contribution is 2.34. The molecule has 0 fully saturated rings. The standard InChI is InChI=1S/C17H14FN3O2S/c18-11-5-3-10(4-6-11)8-21-9-12-14(16(21)22)15(20-17(23)19-12)13-2-1-7-24-13/h1-7,15H,8-9H2,(H2,19,20,23)/t15-/m1/s1. The fourth-order valence-electron chi connectivity index (χ4n) is 3.04. The molecule has 3 heterocycles. The summed E-state index contributed by atoms with van der Waals surface area (Å²) in [5.74, 6) is -0.418. The minimum absolute atomic E-state index is 0.111. The van der Waals surface area contributed by atoms with Gasteiger partial charge in [0.15, 0.2) is 0 Å². The van der Waals surface area contributed by atoms with Crippen LogP contribution in [0.15, 0.2) is 53.0 Å². The van der Waals surface area contributed by atoms with Gasteiger partial charge in [0.2, 0.25) is 0 Å². The number of carbonyl (C=O) groups is 2. The van der Waals surface area contributed by atoms with Crippen LogP contribution in [0.1, 0.15) is 16.5 Å². The Bertz CT molecular complexity index is 830. The number of thiophene rings is 1. The lowest BCUT2D eigenvalue weighted by molar-refractivity contribution is -0.126. The zero-order valence-electron chi connectivity index (χ0n) is 12.6. The van der Waals surface area contributed by atoms with E-state index in [1.165, 1.54) is 23.5 Å². The Hall–Kier alpha value is -2.67. The average molecular weight is 343 g/mol. The Morgan fingerprint density at radius 1 is 1.21 bits per heavy atom. The summed E-state index contributed by atoms with van der Waals surface area (Å²) >= 11 is 1.50. The van der Waals surface area contributed by atoms with Crippen LogP contribution in [0, 0.1) is 5.82 Å². The number of benzene rings is 1. The van der Waals surface area contributed by atoms with Crippen molar-refractivity contribution in [2.24, 2.45) is 0 Å². The molecule has 0 saturated carbocycles. The van der Waals surface area contributed by atoms with Crippen LogP contribution in [0.2, 0.25) is 0 Å². The minimum atomic E-state index is -0.417. The third-order valence-corrected chi connectivity index (χ3v) is 5.07. The molecule has 24 heavy (non-hydrogen) atoms. The van der Waals surface area contributed by atoms with Gasteiger partial charge < -0.3 is 15.5 Å². The summed E-state index contributed by atoms with van der Waals surface area (Å²) < 4.78 is 13.0. The van der Waals surface area contributed by atoms with Crippen LogP contribution >= 0.6 is 11.3 Å². The van der Waals surface area contributed by atoms with Gasteiger partial charge in [-0.3, -0.25) is 4.79 Å². The Morgan fingerprint density at radius 3 is 2.71 bits per heavy atom. The van der Waals surface area contributed by atoms with E-state index in [4.69, 9.17) is 0 Å². The molecule has 0 saturated heterocycles. The molecule has 2 N–H and O–H groups in total. The second-order valence-corrected chi connectivity index (χ2v) is 6.71. The zero-order valence-corrected chi connectivity index (χ0v) is 13.4. The molecule has 2 aliphatic heterocycles. The minimum Gasteiger partial charge on any atom is -0.329 e. The first-order valence-electron chi connectivity index (χ1n) is 7.49. The number of rotatable bonds is 3. The number of amides is 3. The third kappa shape index (κ3) is 2.56. The molecule has 0 spiro atoms. The van der Waals surface area contributed by atoms with Gasteiger partial charge in [0.1, 0.15) is 5.82 Å². The molecule has 1 aromatic heterocycles. The number of nitrogens with one attached hydrogen (secondary N) is 2. The van der Waals surface area contributed by atoms with Gasteiger partial charge in [-0.25, -0.2) is 9.18 Å². The molecule has 2 aliphatic rings. The lowest BCUT2D eigenvalue weighted by Gasteiger charge is -2.24. The fraction of sp³-hybridized carbons (Fsp3) is 0.176. The molecule has 0 radical (unpaired) electrons. The highest BCUT2D eigenvalue weighted by Gasteiger charge is 2.40. The average Bonchev–Trinajstić information content (AvgIpc) is 3.18. The van der Waals surface area contributed by atoms with Crippen LogP contribution in [0.3, 0.4) is 0 Å². The first kappa shape index (κ1) is 14.9. The van der Waals surface area contributed by atoms with Crippen LogP contribution in [0.4, 0.5) is 9.18 Å². The van der Waals surface area contributed by atoms with E-state index < -0.39 is 6.04 Å². The van der Waals surface area contributed by atoms with Gasteiger partial charge in [0.05, 0.1) is 23.9 Å². The summed E-state index contributed by atoms with van der Waals surface area (Å²) in [6, 6.07) is 9.15. The molecule has 2 aromatic rings. The maximum absolute atomic E-state index is 13.0. The van der Waals surface area contributed by atoms with Crippen molar-refractivity contribution in [3.05, 3.63) is 69.3 Å². The lowest BCUT2D eigenvalue weighted by Crippen LogP contribution is -2.44. The molecule has 0 bridgehead atoms. The van der Waals surface area contributed by atoms with Crippen LogP contribution in [0.5, 0.6) is 0 Å². The molecule has 122 valence electrons. The van der Waals surface area contributed by atoms with Crippen molar-refractivity contribution in [1.29, 1.82) is 0 Å². The van der Waals surface area contributed by atoms with Crippen LogP contribution in [-0.2, 0) is 11.3 Å². The van der Waals surface area contributed by atoms with E-state index in [9.17, 15) is 14.0 Å². The number of halogens is 1. The first-order chi connectivity index (χ1) is 11.6. The topological polar surface area (TPSA) is 61.4 Å². The number of carbonyl (C=O) groups excluding carboxylic acids is 2. The van der Waals surface area contributed by atoms with E-state index in [2.05, 4.69) is 10.6 Å². The van der Waals surface area contributed by atoms with Crippen molar-refractivity contribution in [1.82, 2.24) is 15.5 Å². The van der Waals surface area contributed by atoms with Gasteiger partial charge in [-0.2, -0.15) is 0 Å². The van der Waals surface area contributed by atoms with Crippen LogP contribution in [-0.4, -0.2) is 23.4 Å².